The van der Waals surface area contributed by atoms with Gasteiger partial charge in [-0.2, -0.15) is 0 Å². The van der Waals surface area contributed by atoms with Crippen molar-refractivity contribution in [2.24, 2.45) is 11.7 Å². The van der Waals surface area contributed by atoms with Gasteiger partial charge in [0.05, 0.1) is 16.8 Å². The van der Waals surface area contributed by atoms with Crippen LogP contribution < -0.4 is 11.1 Å². The Labute approximate surface area is 111 Å². The minimum Gasteiger partial charge on any atom is -0.368 e. The number of nitrogens with one attached hydrogen (secondary N) is 1. The molecule has 5 heteroatoms. The van der Waals surface area contributed by atoms with Crippen molar-refractivity contribution in [2.75, 3.05) is 18.5 Å². The average molecular weight is 269 g/mol. The Balaban J connectivity index is 1.71. The van der Waals surface area contributed by atoms with E-state index in [1.54, 1.807) is 12.1 Å². The normalized spacial score (nSPS) is 22.3. The first-order chi connectivity index (χ1) is 8.69. The van der Waals surface area contributed by atoms with E-state index in [9.17, 15) is 4.79 Å². The Bertz CT molecular complexity index is 419. The van der Waals surface area contributed by atoms with E-state index < -0.39 is 0 Å². The third-order valence-corrected chi connectivity index (χ3v) is 3.45. The molecule has 0 atom stereocenters. The Morgan fingerprint density at radius 2 is 2.17 bits per heavy atom. The molecule has 1 saturated carbocycles. The van der Waals surface area contributed by atoms with Gasteiger partial charge in [-0.15, -0.1) is 0 Å². The van der Waals surface area contributed by atoms with Crippen molar-refractivity contribution in [2.45, 2.75) is 18.9 Å². The minimum atomic E-state index is -0.181. The predicted molar refractivity (Wildman–Crippen MR) is 71.6 cm³/mol. The molecule has 0 bridgehead atoms. The molecule has 0 radical (unpaired) electrons. The van der Waals surface area contributed by atoms with Crippen LogP contribution in [0.25, 0.3) is 0 Å². The van der Waals surface area contributed by atoms with E-state index in [2.05, 4.69) is 5.32 Å². The average Bonchev–Trinajstić information content (AvgIpc) is 2.30. The largest absolute Gasteiger partial charge is 0.368 e. The highest BCUT2D eigenvalue weighted by molar-refractivity contribution is 6.33. The third kappa shape index (κ3) is 3.45. The van der Waals surface area contributed by atoms with Crippen molar-refractivity contribution in [1.29, 1.82) is 0 Å². The maximum atomic E-state index is 11.6. The molecule has 1 fully saturated rings. The molecule has 1 aromatic rings. The van der Waals surface area contributed by atoms with Crippen LogP contribution in [-0.2, 0) is 9.53 Å². The Hall–Kier alpha value is -1.10. The fourth-order valence-electron chi connectivity index (χ4n) is 1.95. The van der Waals surface area contributed by atoms with E-state index in [1.165, 1.54) is 0 Å². The monoisotopic (exact) mass is 268 g/mol. The second-order valence-electron chi connectivity index (χ2n) is 4.53. The summed E-state index contributed by atoms with van der Waals surface area (Å²) in [4.78, 5) is 11.6. The van der Waals surface area contributed by atoms with Crippen LogP contribution in [0.2, 0.25) is 5.02 Å². The summed E-state index contributed by atoms with van der Waals surface area (Å²) >= 11 is 5.94. The molecule has 0 saturated heterocycles. The van der Waals surface area contributed by atoms with Crippen molar-refractivity contribution < 1.29 is 9.53 Å². The van der Waals surface area contributed by atoms with E-state index >= 15 is 0 Å². The van der Waals surface area contributed by atoms with Gasteiger partial charge in [0.25, 0.3) is 0 Å². The number of rotatable bonds is 5. The molecular weight excluding hydrogens is 252 g/mol. The van der Waals surface area contributed by atoms with Crippen LogP contribution >= 0.6 is 11.6 Å². The molecule has 1 aromatic carbocycles. The number of halogens is 1. The number of carbonyl (C=O) groups is 1. The van der Waals surface area contributed by atoms with Gasteiger partial charge in [-0.3, -0.25) is 4.79 Å². The summed E-state index contributed by atoms with van der Waals surface area (Å²) in [5.74, 6) is 0.376. The van der Waals surface area contributed by atoms with Gasteiger partial charge in [0.1, 0.15) is 6.61 Å². The first-order valence-corrected chi connectivity index (χ1v) is 6.43. The smallest absolute Gasteiger partial charge is 0.250 e. The number of ether oxygens (including phenoxy) is 1. The van der Waals surface area contributed by atoms with Crippen LogP contribution in [0.1, 0.15) is 12.8 Å². The van der Waals surface area contributed by atoms with E-state index in [0.717, 1.165) is 12.8 Å². The molecular formula is C13H17ClN2O2. The lowest BCUT2D eigenvalue weighted by atomic mass is 9.82. The summed E-state index contributed by atoms with van der Waals surface area (Å²) in [7, 11) is 0. The molecule has 18 heavy (non-hydrogen) atoms. The lowest BCUT2D eigenvalue weighted by Gasteiger charge is -2.33. The summed E-state index contributed by atoms with van der Waals surface area (Å²) < 4.78 is 5.47. The van der Waals surface area contributed by atoms with E-state index in [1.807, 2.05) is 12.1 Å². The summed E-state index contributed by atoms with van der Waals surface area (Å²) in [6.45, 7) is 0.763. The predicted octanol–water partition coefficient (Wildman–Crippen LogP) is 2.03. The second kappa shape index (κ2) is 6.18. The first-order valence-electron chi connectivity index (χ1n) is 6.05. The van der Waals surface area contributed by atoms with Gasteiger partial charge in [0, 0.05) is 0 Å². The highest BCUT2D eigenvalue weighted by Gasteiger charge is 2.28. The molecule has 0 heterocycles. The molecule has 0 aliphatic heterocycles. The highest BCUT2D eigenvalue weighted by Crippen LogP contribution is 2.28. The van der Waals surface area contributed by atoms with Crippen LogP contribution in [0.3, 0.4) is 0 Å². The molecule has 0 spiro atoms. The number of anilines is 1. The molecule has 3 N–H and O–H groups in total. The SMILES string of the molecule is NCC1CC(OCC(=O)Nc2ccccc2Cl)C1. The zero-order valence-electron chi connectivity index (χ0n) is 10.1. The number of hydrogen-bond acceptors (Lipinski definition) is 3. The molecule has 2 rings (SSSR count). The van der Waals surface area contributed by atoms with Gasteiger partial charge in [-0.25, -0.2) is 0 Å². The van der Waals surface area contributed by atoms with Crippen molar-refractivity contribution in [1.82, 2.24) is 0 Å². The van der Waals surface area contributed by atoms with Gasteiger partial charge >= 0.3 is 0 Å². The molecule has 0 aromatic heterocycles. The summed E-state index contributed by atoms with van der Waals surface area (Å²) in [6, 6.07) is 7.12. The standard InChI is InChI=1S/C13H17ClN2O2/c14-11-3-1-2-4-12(11)16-13(17)8-18-10-5-9(6-10)7-15/h1-4,9-10H,5-8,15H2,(H,16,17). The number of carbonyl (C=O) groups excluding carboxylic acids is 1. The van der Waals surface area contributed by atoms with E-state index in [-0.39, 0.29) is 18.6 Å². The number of nitrogens with two attached hydrogens (primary N) is 1. The van der Waals surface area contributed by atoms with Gasteiger partial charge in [-0.1, -0.05) is 23.7 Å². The number of amides is 1. The van der Waals surface area contributed by atoms with Crippen LogP contribution in [0.4, 0.5) is 5.69 Å². The van der Waals surface area contributed by atoms with E-state index in [0.29, 0.717) is 23.2 Å². The quantitative estimate of drug-likeness (QED) is 0.859. The molecule has 98 valence electrons. The molecule has 1 aliphatic carbocycles. The fraction of sp³-hybridized carbons (Fsp3) is 0.462. The number of para-hydroxylation sites is 1. The van der Waals surface area contributed by atoms with E-state index in [4.69, 9.17) is 22.1 Å². The van der Waals surface area contributed by atoms with Crippen molar-refractivity contribution in [3.63, 3.8) is 0 Å². The molecule has 4 nitrogen and oxygen atoms in total. The van der Waals surface area contributed by atoms with Crippen LogP contribution in [0.15, 0.2) is 24.3 Å². The fourth-order valence-corrected chi connectivity index (χ4v) is 2.13. The lowest BCUT2D eigenvalue weighted by molar-refractivity contribution is -0.125. The van der Waals surface area contributed by atoms with Crippen LogP contribution in [0, 0.1) is 5.92 Å². The molecule has 1 aliphatic rings. The topological polar surface area (TPSA) is 64.3 Å². The van der Waals surface area contributed by atoms with Crippen molar-refractivity contribution in [3.8, 4) is 0 Å². The molecule has 1 amide bonds. The Morgan fingerprint density at radius 1 is 1.44 bits per heavy atom. The Morgan fingerprint density at radius 3 is 2.83 bits per heavy atom. The summed E-state index contributed by atoms with van der Waals surface area (Å²) in [6.07, 6.45) is 2.08. The van der Waals surface area contributed by atoms with Crippen molar-refractivity contribution >= 4 is 23.2 Å². The number of hydrogen-bond donors (Lipinski definition) is 2. The van der Waals surface area contributed by atoms with Gasteiger partial charge < -0.3 is 15.8 Å². The first kappa shape index (κ1) is 13.3. The highest BCUT2D eigenvalue weighted by atomic mass is 35.5. The maximum Gasteiger partial charge on any atom is 0.250 e. The maximum absolute atomic E-state index is 11.6. The third-order valence-electron chi connectivity index (χ3n) is 3.12. The lowest BCUT2D eigenvalue weighted by Crippen LogP contribution is -2.37. The number of benzene rings is 1. The zero-order chi connectivity index (χ0) is 13.0. The van der Waals surface area contributed by atoms with Crippen LogP contribution in [0.5, 0.6) is 0 Å². The van der Waals surface area contributed by atoms with Crippen LogP contribution in [-0.4, -0.2) is 25.2 Å². The zero-order valence-corrected chi connectivity index (χ0v) is 10.8. The van der Waals surface area contributed by atoms with Gasteiger partial charge in [0.15, 0.2) is 0 Å². The Kier molecular flexibility index (Phi) is 4.58. The summed E-state index contributed by atoms with van der Waals surface area (Å²) in [5.41, 5.74) is 6.13. The second-order valence-corrected chi connectivity index (χ2v) is 4.94. The summed E-state index contributed by atoms with van der Waals surface area (Å²) in [5, 5.41) is 3.24. The molecule has 0 unspecified atom stereocenters. The minimum absolute atomic E-state index is 0.0627. The van der Waals surface area contributed by atoms with Gasteiger partial charge in [0.2, 0.25) is 5.91 Å². The van der Waals surface area contributed by atoms with Gasteiger partial charge in [-0.05, 0) is 37.4 Å². The van der Waals surface area contributed by atoms with Crippen molar-refractivity contribution in [3.05, 3.63) is 29.3 Å².